The van der Waals surface area contributed by atoms with E-state index in [1.54, 1.807) is 0 Å². The predicted molar refractivity (Wildman–Crippen MR) is 451 cm³/mol. The molecule has 0 heterocycles. The zero-order chi connectivity index (χ0) is 79.9. The number of esters is 4. The molecule has 0 amide bonds. The molecular formula is C90H176O17P2. The van der Waals surface area contributed by atoms with Gasteiger partial charge in [0.25, 0.3) is 0 Å². The summed E-state index contributed by atoms with van der Waals surface area (Å²) in [7, 11) is -9.93. The summed E-state index contributed by atoms with van der Waals surface area (Å²) in [6.07, 6.45) is 75.0. The SMILES string of the molecule is CCCCCCCCCCCCCCCCCCCCCCCC(=O)OC[C@H](COP(=O)(O)OC[C@@H](O)COP(=O)(O)OC[C@@H](COC(=O)CCCCCCCCCCCCCC)OC(=O)CCCCCCCCCCCCCC(C)C)OC(=O)CCCCCCCCCCCCCCCCCCCCC(C)CC. The molecular weight excluding hydrogens is 1410 g/mol. The van der Waals surface area contributed by atoms with Crippen LogP contribution in [0.15, 0.2) is 0 Å². The second-order valence-corrected chi connectivity index (χ2v) is 36.0. The van der Waals surface area contributed by atoms with Gasteiger partial charge >= 0.3 is 39.5 Å². The van der Waals surface area contributed by atoms with Crippen LogP contribution in [0.2, 0.25) is 0 Å². The summed E-state index contributed by atoms with van der Waals surface area (Å²) in [5, 5.41) is 10.7. The van der Waals surface area contributed by atoms with Crippen LogP contribution in [0.5, 0.6) is 0 Å². The summed E-state index contributed by atoms with van der Waals surface area (Å²) < 4.78 is 69.0. The Balaban J connectivity index is 5.23. The van der Waals surface area contributed by atoms with Crippen LogP contribution in [0.4, 0.5) is 0 Å². The van der Waals surface area contributed by atoms with E-state index in [0.29, 0.717) is 25.7 Å². The number of carbonyl (C=O) groups excluding carboxylic acids is 4. The van der Waals surface area contributed by atoms with Crippen molar-refractivity contribution in [3.8, 4) is 0 Å². The molecule has 0 aromatic carbocycles. The highest BCUT2D eigenvalue weighted by molar-refractivity contribution is 7.47. The number of phosphoric ester groups is 2. The lowest BCUT2D eigenvalue weighted by Crippen LogP contribution is -2.30. The normalized spacial score (nSPS) is 14.0. The fraction of sp³-hybridized carbons (Fsp3) is 0.956. The first-order chi connectivity index (χ1) is 52.9. The van der Waals surface area contributed by atoms with Gasteiger partial charge in [-0.3, -0.25) is 37.3 Å². The molecule has 19 heteroatoms. The maximum absolute atomic E-state index is 13.2. The van der Waals surface area contributed by atoms with Crippen molar-refractivity contribution in [3.05, 3.63) is 0 Å². The number of unbranched alkanes of at least 4 members (excludes halogenated alkanes) is 58. The first-order valence-corrected chi connectivity index (χ1v) is 49.5. The van der Waals surface area contributed by atoms with Crippen molar-refractivity contribution in [2.45, 2.75) is 503 Å². The molecule has 3 N–H and O–H groups in total. The third kappa shape index (κ3) is 82.4. The Kier molecular flexibility index (Phi) is 79.8. The largest absolute Gasteiger partial charge is 0.472 e. The quantitative estimate of drug-likeness (QED) is 0.0222. The zero-order valence-corrected chi connectivity index (χ0v) is 73.7. The molecule has 109 heavy (non-hydrogen) atoms. The Bertz CT molecular complexity index is 2080. The van der Waals surface area contributed by atoms with Gasteiger partial charge in [0, 0.05) is 25.7 Å². The van der Waals surface area contributed by atoms with Crippen LogP contribution in [0, 0.1) is 11.8 Å². The van der Waals surface area contributed by atoms with Crippen LogP contribution in [-0.4, -0.2) is 96.7 Å². The molecule has 0 aromatic rings. The van der Waals surface area contributed by atoms with Crippen LogP contribution in [0.3, 0.4) is 0 Å². The van der Waals surface area contributed by atoms with Crippen LogP contribution >= 0.6 is 15.6 Å². The smallest absolute Gasteiger partial charge is 0.462 e. The molecule has 0 aliphatic carbocycles. The number of ether oxygens (including phenoxy) is 4. The molecule has 0 radical (unpaired) electrons. The number of carbonyl (C=O) groups is 4. The molecule has 0 fully saturated rings. The highest BCUT2D eigenvalue weighted by Gasteiger charge is 2.31. The van der Waals surface area contributed by atoms with Crippen LogP contribution in [0.1, 0.15) is 485 Å². The lowest BCUT2D eigenvalue weighted by molar-refractivity contribution is -0.161. The minimum atomic E-state index is -4.97. The summed E-state index contributed by atoms with van der Waals surface area (Å²) in [4.78, 5) is 73.4. The van der Waals surface area contributed by atoms with Gasteiger partial charge in [0.1, 0.15) is 19.3 Å². The second-order valence-electron chi connectivity index (χ2n) is 33.1. The Hall–Kier alpha value is -1.94. The lowest BCUT2D eigenvalue weighted by Gasteiger charge is -2.21. The van der Waals surface area contributed by atoms with Crippen LogP contribution in [-0.2, 0) is 65.4 Å². The van der Waals surface area contributed by atoms with Gasteiger partial charge in [0.05, 0.1) is 26.4 Å². The Morgan fingerprint density at radius 2 is 0.468 bits per heavy atom. The molecule has 3 unspecified atom stereocenters. The molecule has 0 aliphatic rings. The molecule has 0 saturated heterocycles. The highest BCUT2D eigenvalue weighted by atomic mass is 31.2. The van der Waals surface area contributed by atoms with Crippen molar-refractivity contribution in [2.75, 3.05) is 39.6 Å². The maximum Gasteiger partial charge on any atom is 0.472 e. The molecule has 0 bridgehead atoms. The molecule has 0 aliphatic heterocycles. The number of aliphatic hydroxyl groups excluding tert-OH is 1. The molecule has 0 rings (SSSR count). The van der Waals surface area contributed by atoms with Crippen molar-refractivity contribution in [1.82, 2.24) is 0 Å². The van der Waals surface area contributed by atoms with Crippen molar-refractivity contribution in [1.29, 1.82) is 0 Å². The van der Waals surface area contributed by atoms with E-state index in [1.807, 2.05) is 0 Å². The van der Waals surface area contributed by atoms with Crippen molar-refractivity contribution in [3.63, 3.8) is 0 Å². The molecule has 0 aromatic heterocycles. The van der Waals surface area contributed by atoms with Gasteiger partial charge in [-0.25, -0.2) is 9.13 Å². The number of phosphoric acid groups is 2. The third-order valence-electron chi connectivity index (χ3n) is 21.6. The summed E-state index contributed by atoms with van der Waals surface area (Å²) >= 11 is 0. The second kappa shape index (κ2) is 81.2. The Morgan fingerprint density at radius 1 is 0.266 bits per heavy atom. The van der Waals surface area contributed by atoms with E-state index < -0.39 is 97.5 Å². The zero-order valence-electron chi connectivity index (χ0n) is 71.9. The van der Waals surface area contributed by atoms with E-state index in [-0.39, 0.29) is 25.7 Å². The summed E-state index contributed by atoms with van der Waals surface area (Å²) in [6, 6.07) is 0. The third-order valence-corrected chi connectivity index (χ3v) is 23.5. The Labute approximate surface area is 670 Å². The van der Waals surface area contributed by atoms with Gasteiger partial charge in [-0.05, 0) is 37.5 Å². The fourth-order valence-electron chi connectivity index (χ4n) is 14.1. The number of hydrogen-bond donors (Lipinski definition) is 3. The average Bonchev–Trinajstić information content (AvgIpc) is 0.898. The van der Waals surface area contributed by atoms with Crippen molar-refractivity contribution >= 4 is 39.5 Å². The van der Waals surface area contributed by atoms with Gasteiger partial charge in [-0.15, -0.1) is 0 Å². The molecule has 17 nitrogen and oxygen atoms in total. The van der Waals surface area contributed by atoms with Gasteiger partial charge in [-0.2, -0.15) is 0 Å². The predicted octanol–water partition coefficient (Wildman–Crippen LogP) is 27.8. The fourth-order valence-corrected chi connectivity index (χ4v) is 15.7. The first-order valence-electron chi connectivity index (χ1n) is 46.5. The maximum atomic E-state index is 13.2. The van der Waals surface area contributed by atoms with E-state index in [9.17, 15) is 43.2 Å². The van der Waals surface area contributed by atoms with Gasteiger partial charge in [0.2, 0.25) is 0 Å². The van der Waals surface area contributed by atoms with E-state index in [4.69, 9.17) is 37.0 Å². The van der Waals surface area contributed by atoms with E-state index in [1.165, 1.54) is 302 Å². The summed E-state index contributed by atoms with van der Waals surface area (Å²) in [5.74, 6) is -0.461. The minimum absolute atomic E-state index is 0.107. The molecule has 0 saturated carbocycles. The van der Waals surface area contributed by atoms with Crippen LogP contribution in [0.25, 0.3) is 0 Å². The standard InChI is InChI=1S/C90H176O17P2/c1-7-10-12-14-16-18-20-22-23-24-25-26-27-31-34-37-43-49-55-61-67-73-88(93)101-79-85(106-89(94)74-68-62-56-50-44-38-35-32-29-28-30-33-36-41-47-53-59-65-71-83(6)9-3)80-104-108(96,97)102-76-84(91)77-103-109(98,99)105-81-86(78-100-87(92)72-66-60-54-48-42-21-19-17-15-13-11-8-2)107-90(95)75-69-63-57-51-45-39-40-46-52-58-64-70-82(4)5/h82-86,91H,7-81H2,1-6H3,(H,96,97)(H,98,99)/t83?,84-,85-,86-/m1/s1. The number of aliphatic hydroxyl groups is 1. The monoisotopic (exact) mass is 1590 g/mol. The Morgan fingerprint density at radius 3 is 0.697 bits per heavy atom. The van der Waals surface area contributed by atoms with Gasteiger partial charge in [0.15, 0.2) is 12.2 Å². The molecule has 648 valence electrons. The van der Waals surface area contributed by atoms with E-state index in [2.05, 4.69) is 41.5 Å². The van der Waals surface area contributed by atoms with E-state index in [0.717, 1.165) is 102 Å². The molecule has 6 atom stereocenters. The van der Waals surface area contributed by atoms with Gasteiger partial charge < -0.3 is 33.8 Å². The number of hydrogen-bond acceptors (Lipinski definition) is 15. The number of rotatable bonds is 89. The van der Waals surface area contributed by atoms with Crippen LogP contribution < -0.4 is 0 Å². The summed E-state index contributed by atoms with van der Waals surface area (Å²) in [6.45, 7) is 9.76. The average molecular weight is 1590 g/mol. The first kappa shape index (κ1) is 107. The van der Waals surface area contributed by atoms with Gasteiger partial charge in [-0.1, -0.05) is 433 Å². The summed E-state index contributed by atoms with van der Waals surface area (Å²) in [5.41, 5.74) is 0. The van der Waals surface area contributed by atoms with E-state index >= 15 is 0 Å². The van der Waals surface area contributed by atoms with Crippen molar-refractivity contribution in [2.24, 2.45) is 11.8 Å². The molecule has 0 spiro atoms. The lowest BCUT2D eigenvalue weighted by atomic mass is 9.99. The van der Waals surface area contributed by atoms with Crippen molar-refractivity contribution < 1.29 is 80.2 Å². The minimum Gasteiger partial charge on any atom is -0.462 e. The highest BCUT2D eigenvalue weighted by Crippen LogP contribution is 2.45. The topological polar surface area (TPSA) is 237 Å².